The average Bonchev–Trinajstić information content (AvgIpc) is 2.62. The summed E-state index contributed by atoms with van der Waals surface area (Å²) >= 11 is 0. The number of amides is 2. The maximum atomic E-state index is 11.7. The van der Waals surface area contributed by atoms with Crippen molar-refractivity contribution >= 4 is 6.03 Å². The third-order valence-corrected chi connectivity index (χ3v) is 3.42. The van der Waals surface area contributed by atoms with E-state index in [1.807, 2.05) is 26.8 Å². The van der Waals surface area contributed by atoms with E-state index in [0.29, 0.717) is 12.6 Å². The number of nitrogens with one attached hydrogen (secondary N) is 2. The van der Waals surface area contributed by atoms with Gasteiger partial charge in [-0.3, -0.25) is 0 Å². The molecule has 1 aromatic rings. The van der Waals surface area contributed by atoms with Gasteiger partial charge in [0, 0.05) is 24.8 Å². The molecule has 0 radical (unpaired) electrons. The molecule has 1 fully saturated rings. The predicted molar refractivity (Wildman–Crippen MR) is 72.0 cm³/mol. The third-order valence-electron chi connectivity index (χ3n) is 3.42. The van der Waals surface area contributed by atoms with Crippen LogP contribution in [0.15, 0.2) is 10.5 Å². The number of carbonyl (C=O) groups excluding carboxylic acids is 1. The van der Waals surface area contributed by atoms with Gasteiger partial charge >= 0.3 is 6.03 Å². The predicted octanol–water partition coefficient (Wildman–Crippen LogP) is 2.26. The van der Waals surface area contributed by atoms with Crippen LogP contribution < -0.4 is 10.6 Å². The zero-order valence-electron chi connectivity index (χ0n) is 11.8. The number of carbonyl (C=O) groups is 1. The molecule has 5 nitrogen and oxygen atoms in total. The van der Waals surface area contributed by atoms with Crippen molar-refractivity contribution in [3.63, 3.8) is 0 Å². The fraction of sp³-hybridized carbons (Fsp3) is 0.643. The number of rotatable bonds is 5. The summed E-state index contributed by atoms with van der Waals surface area (Å²) in [6, 6.07) is 2.06. The highest BCUT2D eigenvalue weighted by molar-refractivity contribution is 5.74. The SMILES string of the molecule is CCOC1CC(NC(=O)NCc2cc(C)oc2C)C1. The first-order valence-electron chi connectivity index (χ1n) is 6.80. The lowest BCUT2D eigenvalue weighted by atomic mass is 9.89. The van der Waals surface area contributed by atoms with E-state index in [2.05, 4.69) is 10.6 Å². The molecule has 2 rings (SSSR count). The van der Waals surface area contributed by atoms with Gasteiger partial charge in [0.25, 0.3) is 0 Å². The zero-order valence-corrected chi connectivity index (χ0v) is 11.8. The molecule has 106 valence electrons. The molecule has 1 heterocycles. The van der Waals surface area contributed by atoms with Gasteiger partial charge in [0.2, 0.25) is 0 Å². The summed E-state index contributed by atoms with van der Waals surface area (Å²) in [7, 11) is 0. The van der Waals surface area contributed by atoms with Crippen LogP contribution >= 0.6 is 0 Å². The monoisotopic (exact) mass is 266 g/mol. The van der Waals surface area contributed by atoms with Crippen LogP contribution in [0.4, 0.5) is 4.79 Å². The summed E-state index contributed by atoms with van der Waals surface area (Å²) in [6.07, 6.45) is 2.13. The number of hydrogen-bond donors (Lipinski definition) is 2. The molecule has 2 amide bonds. The summed E-state index contributed by atoms with van der Waals surface area (Å²) in [5.41, 5.74) is 1.02. The Balaban J connectivity index is 1.67. The Labute approximate surface area is 113 Å². The molecule has 0 atom stereocenters. The Morgan fingerprint density at radius 2 is 2.21 bits per heavy atom. The van der Waals surface area contributed by atoms with Crippen molar-refractivity contribution in [1.29, 1.82) is 0 Å². The topological polar surface area (TPSA) is 63.5 Å². The van der Waals surface area contributed by atoms with Gasteiger partial charge in [0.15, 0.2) is 0 Å². The van der Waals surface area contributed by atoms with Crippen LogP contribution in [0.2, 0.25) is 0 Å². The lowest BCUT2D eigenvalue weighted by Crippen LogP contribution is -2.50. The van der Waals surface area contributed by atoms with Gasteiger partial charge in [-0.15, -0.1) is 0 Å². The van der Waals surface area contributed by atoms with Crippen LogP contribution in [0.3, 0.4) is 0 Å². The number of aryl methyl sites for hydroxylation is 2. The molecule has 0 aromatic carbocycles. The van der Waals surface area contributed by atoms with E-state index in [0.717, 1.165) is 36.5 Å². The van der Waals surface area contributed by atoms with Crippen LogP contribution in [-0.4, -0.2) is 24.8 Å². The molecule has 1 aliphatic carbocycles. The summed E-state index contributed by atoms with van der Waals surface area (Å²) in [5, 5.41) is 5.79. The molecule has 1 aromatic heterocycles. The van der Waals surface area contributed by atoms with Gasteiger partial charge in [0.05, 0.1) is 6.10 Å². The quantitative estimate of drug-likeness (QED) is 0.859. The van der Waals surface area contributed by atoms with E-state index in [-0.39, 0.29) is 12.1 Å². The second-order valence-corrected chi connectivity index (χ2v) is 5.01. The molecule has 0 aliphatic heterocycles. The van der Waals surface area contributed by atoms with Crippen molar-refractivity contribution in [2.45, 2.75) is 52.3 Å². The van der Waals surface area contributed by atoms with Gasteiger partial charge in [0.1, 0.15) is 11.5 Å². The summed E-state index contributed by atoms with van der Waals surface area (Å²) < 4.78 is 10.9. The van der Waals surface area contributed by atoms with E-state index in [1.165, 1.54) is 0 Å². The fourth-order valence-electron chi connectivity index (χ4n) is 2.33. The van der Waals surface area contributed by atoms with Crippen LogP contribution in [-0.2, 0) is 11.3 Å². The molecule has 5 heteroatoms. The first-order chi connectivity index (χ1) is 9.08. The van der Waals surface area contributed by atoms with Crippen LogP contribution in [0.5, 0.6) is 0 Å². The molecular formula is C14H22N2O3. The van der Waals surface area contributed by atoms with E-state index in [9.17, 15) is 4.79 Å². The number of furan rings is 1. The summed E-state index contributed by atoms with van der Waals surface area (Å²) in [5.74, 6) is 1.73. The van der Waals surface area contributed by atoms with E-state index >= 15 is 0 Å². The smallest absolute Gasteiger partial charge is 0.315 e. The van der Waals surface area contributed by atoms with E-state index in [4.69, 9.17) is 9.15 Å². The third kappa shape index (κ3) is 3.73. The van der Waals surface area contributed by atoms with Gasteiger partial charge in [-0.25, -0.2) is 4.79 Å². The number of urea groups is 1. The Morgan fingerprint density at radius 1 is 1.47 bits per heavy atom. The van der Waals surface area contributed by atoms with Gasteiger partial charge < -0.3 is 19.8 Å². The maximum Gasteiger partial charge on any atom is 0.315 e. The average molecular weight is 266 g/mol. The van der Waals surface area contributed by atoms with Crippen molar-refractivity contribution in [1.82, 2.24) is 10.6 Å². The molecule has 0 unspecified atom stereocenters. The minimum atomic E-state index is -0.127. The van der Waals surface area contributed by atoms with Gasteiger partial charge in [-0.1, -0.05) is 0 Å². The van der Waals surface area contributed by atoms with Crippen molar-refractivity contribution < 1.29 is 13.9 Å². The number of ether oxygens (including phenoxy) is 1. The largest absolute Gasteiger partial charge is 0.466 e. The molecule has 19 heavy (non-hydrogen) atoms. The van der Waals surface area contributed by atoms with Crippen LogP contribution in [0.25, 0.3) is 0 Å². The summed E-state index contributed by atoms with van der Waals surface area (Å²) in [6.45, 7) is 7.03. The minimum Gasteiger partial charge on any atom is -0.466 e. The Hall–Kier alpha value is -1.49. The van der Waals surface area contributed by atoms with Crippen molar-refractivity contribution in [3.05, 3.63) is 23.2 Å². The van der Waals surface area contributed by atoms with Crippen LogP contribution in [0, 0.1) is 13.8 Å². The van der Waals surface area contributed by atoms with Crippen molar-refractivity contribution in [2.24, 2.45) is 0 Å². The Morgan fingerprint density at radius 3 is 2.79 bits per heavy atom. The van der Waals surface area contributed by atoms with Crippen LogP contribution in [0.1, 0.15) is 36.8 Å². The molecule has 1 saturated carbocycles. The highest BCUT2D eigenvalue weighted by Gasteiger charge is 2.30. The molecule has 0 spiro atoms. The highest BCUT2D eigenvalue weighted by atomic mass is 16.5. The number of hydrogen-bond acceptors (Lipinski definition) is 3. The van der Waals surface area contributed by atoms with Gasteiger partial charge in [-0.2, -0.15) is 0 Å². The molecule has 1 aliphatic rings. The zero-order chi connectivity index (χ0) is 13.8. The highest BCUT2D eigenvalue weighted by Crippen LogP contribution is 2.23. The van der Waals surface area contributed by atoms with Crippen molar-refractivity contribution in [2.75, 3.05) is 6.61 Å². The first-order valence-corrected chi connectivity index (χ1v) is 6.80. The van der Waals surface area contributed by atoms with E-state index < -0.39 is 0 Å². The molecular weight excluding hydrogens is 244 g/mol. The first kappa shape index (κ1) is 13.9. The lowest BCUT2D eigenvalue weighted by Gasteiger charge is -2.35. The Kier molecular flexibility index (Phi) is 4.47. The lowest BCUT2D eigenvalue weighted by molar-refractivity contribution is -0.00709. The second-order valence-electron chi connectivity index (χ2n) is 5.01. The normalized spacial score (nSPS) is 21.8. The molecule has 0 saturated heterocycles. The summed E-state index contributed by atoms with van der Waals surface area (Å²) in [4.78, 5) is 11.7. The second kappa shape index (κ2) is 6.10. The van der Waals surface area contributed by atoms with Crippen molar-refractivity contribution in [3.8, 4) is 0 Å². The minimum absolute atomic E-state index is 0.127. The standard InChI is InChI=1S/C14H22N2O3/c1-4-18-13-6-12(7-13)16-14(17)15-8-11-5-9(2)19-10(11)3/h5,12-13H,4,6-8H2,1-3H3,(H2,15,16,17). The Bertz CT molecular complexity index is 436. The fourth-order valence-corrected chi connectivity index (χ4v) is 2.33. The van der Waals surface area contributed by atoms with Gasteiger partial charge in [-0.05, 0) is 39.7 Å². The molecule has 0 bridgehead atoms. The van der Waals surface area contributed by atoms with E-state index in [1.54, 1.807) is 0 Å². The maximum absolute atomic E-state index is 11.7. The molecule has 2 N–H and O–H groups in total.